The Bertz CT molecular complexity index is 1070. The minimum Gasteiger partial charge on any atom is -0.338 e. The summed E-state index contributed by atoms with van der Waals surface area (Å²) in [5, 5.41) is 7.61. The normalized spacial score (nSPS) is 10.9. The third-order valence-corrected chi connectivity index (χ3v) is 5.88. The van der Waals surface area contributed by atoms with Crippen LogP contribution >= 0.6 is 23.1 Å². The number of fused-ring (bicyclic) bond motifs is 1. The first-order valence-corrected chi connectivity index (χ1v) is 10.5. The molecule has 0 saturated heterocycles. The molecule has 2 heterocycles. The van der Waals surface area contributed by atoms with Crippen molar-refractivity contribution in [3.63, 3.8) is 0 Å². The van der Waals surface area contributed by atoms with E-state index in [1.54, 1.807) is 18.1 Å². The lowest BCUT2D eigenvalue weighted by molar-refractivity contribution is 1.21. The van der Waals surface area contributed by atoms with Gasteiger partial charge in [0.25, 0.3) is 0 Å². The maximum absolute atomic E-state index is 4.74. The summed E-state index contributed by atoms with van der Waals surface area (Å²) < 4.78 is 0. The molecule has 136 valence electrons. The van der Waals surface area contributed by atoms with Crippen molar-refractivity contribution in [2.24, 2.45) is 0 Å². The van der Waals surface area contributed by atoms with Crippen molar-refractivity contribution < 1.29 is 0 Å². The number of thiazole rings is 1. The van der Waals surface area contributed by atoms with Crippen LogP contribution in [0.4, 0.5) is 22.3 Å². The molecule has 0 aliphatic rings. The molecular formula is C20H19N5S2. The molecule has 0 spiro atoms. The number of rotatable bonds is 5. The van der Waals surface area contributed by atoms with E-state index >= 15 is 0 Å². The number of nitrogens with zero attached hydrogens (tertiary/aromatic N) is 3. The average molecular weight is 394 g/mol. The highest BCUT2D eigenvalue weighted by atomic mass is 32.2. The molecule has 27 heavy (non-hydrogen) atoms. The molecule has 0 radical (unpaired) electrons. The van der Waals surface area contributed by atoms with Gasteiger partial charge in [-0.2, -0.15) is 0 Å². The maximum Gasteiger partial charge on any atom is 0.189 e. The molecule has 0 aliphatic carbocycles. The fourth-order valence-electron chi connectivity index (χ4n) is 2.83. The van der Waals surface area contributed by atoms with Crippen molar-refractivity contribution in [2.45, 2.75) is 18.7 Å². The monoisotopic (exact) mass is 393 g/mol. The highest BCUT2D eigenvalue weighted by Gasteiger charge is 2.12. The van der Waals surface area contributed by atoms with Crippen molar-refractivity contribution in [3.05, 3.63) is 59.9 Å². The molecule has 0 fully saturated rings. The summed E-state index contributed by atoms with van der Waals surface area (Å²) in [6, 6.07) is 14.5. The van der Waals surface area contributed by atoms with Gasteiger partial charge in [0, 0.05) is 16.3 Å². The highest BCUT2D eigenvalue weighted by Crippen LogP contribution is 2.33. The molecule has 0 atom stereocenters. The minimum absolute atomic E-state index is 0.711. The van der Waals surface area contributed by atoms with Crippen LogP contribution in [0.1, 0.15) is 11.1 Å². The number of hydrogen-bond acceptors (Lipinski definition) is 7. The summed E-state index contributed by atoms with van der Waals surface area (Å²) >= 11 is 3.24. The number of aryl methyl sites for hydroxylation is 2. The molecule has 2 aromatic heterocycles. The Balaban J connectivity index is 1.65. The second-order valence-corrected chi connectivity index (χ2v) is 8.00. The van der Waals surface area contributed by atoms with E-state index in [-0.39, 0.29) is 0 Å². The van der Waals surface area contributed by atoms with Gasteiger partial charge in [-0.1, -0.05) is 29.5 Å². The van der Waals surface area contributed by atoms with E-state index in [0.29, 0.717) is 5.82 Å². The smallest absolute Gasteiger partial charge is 0.189 e. The van der Waals surface area contributed by atoms with Crippen molar-refractivity contribution in [1.82, 2.24) is 15.0 Å². The fourth-order valence-corrected chi connectivity index (χ4v) is 4.05. The lowest BCUT2D eigenvalue weighted by Gasteiger charge is -2.09. The Kier molecular flexibility index (Phi) is 4.96. The SMILES string of the molecule is CSc1ccc(Nc2ncnc3sc(Nc4c(C)cccc4C)nc23)cc1. The van der Waals surface area contributed by atoms with E-state index in [1.165, 1.54) is 27.4 Å². The Morgan fingerprint density at radius 1 is 0.926 bits per heavy atom. The standard InChI is InChI=1S/C20H19N5S2/c1-12-5-4-6-13(2)16(12)24-20-25-17-18(21-11-22-19(17)27-20)23-14-7-9-15(26-3)10-8-14/h4-11H,1-3H3,(H,24,25)(H,21,22,23). The van der Waals surface area contributed by atoms with E-state index in [9.17, 15) is 0 Å². The van der Waals surface area contributed by atoms with Gasteiger partial charge in [0.2, 0.25) is 0 Å². The lowest BCUT2D eigenvalue weighted by atomic mass is 10.1. The van der Waals surface area contributed by atoms with E-state index in [0.717, 1.165) is 26.9 Å². The average Bonchev–Trinajstić information content (AvgIpc) is 3.09. The topological polar surface area (TPSA) is 62.7 Å². The first-order valence-electron chi connectivity index (χ1n) is 8.50. The quantitative estimate of drug-likeness (QED) is 0.411. The first-order chi connectivity index (χ1) is 13.1. The van der Waals surface area contributed by atoms with Crippen LogP contribution in [0.15, 0.2) is 53.7 Å². The van der Waals surface area contributed by atoms with Crippen LogP contribution in [-0.2, 0) is 0 Å². The summed E-state index contributed by atoms with van der Waals surface area (Å²) in [7, 11) is 0. The van der Waals surface area contributed by atoms with Gasteiger partial charge in [-0.15, -0.1) is 11.8 Å². The van der Waals surface area contributed by atoms with Gasteiger partial charge in [-0.25, -0.2) is 15.0 Å². The third-order valence-electron chi connectivity index (χ3n) is 4.26. The number of anilines is 4. The van der Waals surface area contributed by atoms with Gasteiger partial charge in [0.05, 0.1) is 0 Å². The van der Waals surface area contributed by atoms with Crippen LogP contribution in [0.25, 0.3) is 10.3 Å². The Morgan fingerprint density at radius 2 is 1.67 bits per heavy atom. The molecule has 0 amide bonds. The van der Waals surface area contributed by atoms with Gasteiger partial charge < -0.3 is 10.6 Å². The Hall–Kier alpha value is -2.64. The number of hydrogen-bond donors (Lipinski definition) is 2. The zero-order chi connectivity index (χ0) is 18.8. The van der Waals surface area contributed by atoms with Crippen LogP contribution in [0.2, 0.25) is 0 Å². The summed E-state index contributed by atoms with van der Waals surface area (Å²) in [6.07, 6.45) is 3.64. The van der Waals surface area contributed by atoms with Crippen LogP contribution in [-0.4, -0.2) is 21.2 Å². The zero-order valence-corrected chi connectivity index (χ0v) is 16.9. The van der Waals surface area contributed by atoms with E-state index in [4.69, 9.17) is 4.98 Å². The minimum atomic E-state index is 0.711. The van der Waals surface area contributed by atoms with Crippen LogP contribution in [0, 0.1) is 13.8 Å². The number of benzene rings is 2. The van der Waals surface area contributed by atoms with Gasteiger partial charge in [-0.05, 0) is 55.5 Å². The molecule has 2 N–H and O–H groups in total. The molecule has 7 heteroatoms. The van der Waals surface area contributed by atoms with Crippen molar-refractivity contribution in [2.75, 3.05) is 16.9 Å². The lowest BCUT2D eigenvalue weighted by Crippen LogP contribution is -1.97. The second-order valence-electron chi connectivity index (χ2n) is 6.14. The fraction of sp³-hybridized carbons (Fsp3) is 0.150. The molecule has 0 aliphatic heterocycles. The predicted molar refractivity (Wildman–Crippen MR) is 116 cm³/mol. The Labute approximate surface area is 166 Å². The second kappa shape index (κ2) is 7.54. The number of para-hydroxylation sites is 1. The molecule has 0 saturated carbocycles. The molecular weight excluding hydrogens is 374 g/mol. The number of thioether (sulfide) groups is 1. The summed E-state index contributed by atoms with van der Waals surface area (Å²) in [4.78, 5) is 15.6. The molecule has 4 aromatic rings. The largest absolute Gasteiger partial charge is 0.338 e. The first kappa shape index (κ1) is 17.8. The molecule has 4 rings (SSSR count). The summed E-state index contributed by atoms with van der Waals surface area (Å²) in [5.41, 5.74) is 5.21. The Morgan fingerprint density at radius 3 is 2.37 bits per heavy atom. The van der Waals surface area contributed by atoms with E-state index < -0.39 is 0 Å². The van der Waals surface area contributed by atoms with E-state index in [2.05, 4.69) is 71.0 Å². The number of aromatic nitrogens is 3. The van der Waals surface area contributed by atoms with Gasteiger partial charge in [-0.3, -0.25) is 0 Å². The van der Waals surface area contributed by atoms with Gasteiger partial charge >= 0.3 is 0 Å². The van der Waals surface area contributed by atoms with Gasteiger partial charge in [0.1, 0.15) is 11.8 Å². The summed E-state index contributed by atoms with van der Waals surface area (Å²) in [6.45, 7) is 4.18. The van der Waals surface area contributed by atoms with Crippen LogP contribution < -0.4 is 10.6 Å². The predicted octanol–water partition coefficient (Wildman–Crippen LogP) is 5.91. The zero-order valence-electron chi connectivity index (χ0n) is 15.3. The molecule has 0 bridgehead atoms. The van der Waals surface area contributed by atoms with Crippen molar-refractivity contribution in [3.8, 4) is 0 Å². The van der Waals surface area contributed by atoms with Gasteiger partial charge in [0.15, 0.2) is 15.8 Å². The van der Waals surface area contributed by atoms with E-state index in [1.807, 2.05) is 12.1 Å². The molecule has 0 unspecified atom stereocenters. The number of nitrogens with one attached hydrogen (secondary N) is 2. The van der Waals surface area contributed by atoms with Crippen molar-refractivity contribution >= 4 is 55.8 Å². The maximum atomic E-state index is 4.74. The van der Waals surface area contributed by atoms with Crippen molar-refractivity contribution in [1.29, 1.82) is 0 Å². The third kappa shape index (κ3) is 3.74. The van der Waals surface area contributed by atoms with Crippen LogP contribution in [0.3, 0.4) is 0 Å². The summed E-state index contributed by atoms with van der Waals surface area (Å²) in [5.74, 6) is 0.711. The highest BCUT2D eigenvalue weighted by molar-refractivity contribution is 7.98. The molecule has 2 aromatic carbocycles. The molecule has 5 nitrogen and oxygen atoms in total. The van der Waals surface area contributed by atoms with Crippen LogP contribution in [0.5, 0.6) is 0 Å².